The van der Waals surface area contributed by atoms with Gasteiger partial charge < -0.3 is 19.9 Å². The maximum absolute atomic E-state index is 11.2. The van der Waals surface area contributed by atoms with Crippen LogP contribution in [-0.4, -0.2) is 30.9 Å². The van der Waals surface area contributed by atoms with Crippen LogP contribution in [0.1, 0.15) is 22.8 Å². The molecule has 0 radical (unpaired) electrons. The SMILES string of the molecule is C=CCOc1ccc(O[C@H]2c3ccccc3C[C@@]2(O)CNC)c(C)c1. The van der Waals surface area contributed by atoms with E-state index in [1.165, 1.54) is 0 Å². The van der Waals surface area contributed by atoms with Gasteiger partial charge in [-0.05, 0) is 48.9 Å². The predicted octanol–water partition coefficient (Wildman–Crippen LogP) is 3.19. The Morgan fingerprint density at radius 2 is 2.12 bits per heavy atom. The second kappa shape index (κ2) is 7.30. The van der Waals surface area contributed by atoms with Crippen LogP contribution in [0.2, 0.25) is 0 Å². The summed E-state index contributed by atoms with van der Waals surface area (Å²) in [5.41, 5.74) is 2.18. The summed E-state index contributed by atoms with van der Waals surface area (Å²) >= 11 is 0. The van der Waals surface area contributed by atoms with Crippen molar-refractivity contribution in [3.8, 4) is 11.5 Å². The van der Waals surface area contributed by atoms with Gasteiger partial charge in [0.1, 0.15) is 23.7 Å². The third-order valence-electron chi connectivity index (χ3n) is 4.56. The highest BCUT2D eigenvalue weighted by Gasteiger charge is 2.46. The number of nitrogens with one attached hydrogen (secondary N) is 1. The van der Waals surface area contributed by atoms with E-state index in [9.17, 15) is 5.11 Å². The summed E-state index contributed by atoms with van der Waals surface area (Å²) in [5.74, 6) is 1.53. The van der Waals surface area contributed by atoms with Gasteiger partial charge in [-0.25, -0.2) is 0 Å². The van der Waals surface area contributed by atoms with Crippen molar-refractivity contribution < 1.29 is 14.6 Å². The molecule has 2 N–H and O–H groups in total. The average molecular weight is 339 g/mol. The van der Waals surface area contributed by atoms with E-state index < -0.39 is 11.7 Å². The lowest BCUT2D eigenvalue weighted by molar-refractivity contribution is -0.0487. The normalized spacial score (nSPS) is 21.6. The van der Waals surface area contributed by atoms with Gasteiger partial charge in [0.25, 0.3) is 0 Å². The molecule has 4 heteroatoms. The Morgan fingerprint density at radius 3 is 2.84 bits per heavy atom. The van der Waals surface area contributed by atoms with E-state index in [2.05, 4.69) is 18.0 Å². The molecule has 1 aliphatic carbocycles. The zero-order chi connectivity index (χ0) is 17.9. The predicted molar refractivity (Wildman–Crippen MR) is 99.3 cm³/mol. The highest BCUT2D eigenvalue weighted by molar-refractivity contribution is 5.43. The Labute approximate surface area is 149 Å². The van der Waals surface area contributed by atoms with Crippen LogP contribution in [0, 0.1) is 6.92 Å². The molecule has 2 aromatic rings. The van der Waals surface area contributed by atoms with E-state index in [4.69, 9.17) is 9.47 Å². The van der Waals surface area contributed by atoms with Crippen LogP contribution in [-0.2, 0) is 6.42 Å². The largest absolute Gasteiger partial charge is 0.490 e. The van der Waals surface area contributed by atoms with Crippen molar-refractivity contribution in [2.24, 2.45) is 0 Å². The number of hydrogen-bond acceptors (Lipinski definition) is 4. The van der Waals surface area contributed by atoms with Gasteiger partial charge in [-0.15, -0.1) is 0 Å². The van der Waals surface area contributed by atoms with Crippen molar-refractivity contribution in [1.82, 2.24) is 5.32 Å². The molecule has 0 spiro atoms. The van der Waals surface area contributed by atoms with E-state index >= 15 is 0 Å². The van der Waals surface area contributed by atoms with Crippen LogP contribution < -0.4 is 14.8 Å². The number of benzene rings is 2. The first-order valence-electron chi connectivity index (χ1n) is 8.53. The van der Waals surface area contributed by atoms with Gasteiger partial charge in [0.2, 0.25) is 0 Å². The molecule has 0 saturated carbocycles. The Balaban J connectivity index is 1.88. The van der Waals surface area contributed by atoms with Crippen LogP contribution in [0.3, 0.4) is 0 Å². The molecule has 1 aliphatic rings. The second-order valence-corrected chi connectivity index (χ2v) is 6.53. The number of likely N-dealkylation sites (N-methyl/N-ethyl adjacent to an activating group) is 1. The third kappa shape index (κ3) is 3.55. The molecular formula is C21H25NO3. The minimum atomic E-state index is -0.969. The van der Waals surface area contributed by atoms with Gasteiger partial charge >= 0.3 is 0 Å². The minimum Gasteiger partial charge on any atom is -0.490 e. The van der Waals surface area contributed by atoms with E-state index in [-0.39, 0.29) is 0 Å². The molecular weight excluding hydrogens is 314 g/mol. The minimum absolute atomic E-state index is 0.408. The molecule has 0 aliphatic heterocycles. The van der Waals surface area contributed by atoms with Crippen LogP contribution in [0.4, 0.5) is 0 Å². The monoisotopic (exact) mass is 339 g/mol. The lowest BCUT2D eigenvalue weighted by atomic mass is 9.97. The van der Waals surface area contributed by atoms with Gasteiger partial charge in [-0.2, -0.15) is 0 Å². The van der Waals surface area contributed by atoms with Crippen LogP contribution in [0.15, 0.2) is 55.1 Å². The number of fused-ring (bicyclic) bond motifs is 1. The van der Waals surface area contributed by atoms with Gasteiger partial charge in [-0.3, -0.25) is 0 Å². The fraction of sp³-hybridized carbons (Fsp3) is 0.333. The third-order valence-corrected chi connectivity index (χ3v) is 4.56. The lowest BCUT2D eigenvalue weighted by Crippen LogP contribution is -2.45. The van der Waals surface area contributed by atoms with Crippen LogP contribution in [0.5, 0.6) is 11.5 Å². The fourth-order valence-corrected chi connectivity index (χ4v) is 3.42. The Kier molecular flexibility index (Phi) is 5.11. The Bertz CT molecular complexity index is 759. The maximum Gasteiger partial charge on any atom is 0.154 e. The van der Waals surface area contributed by atoms with E-state index in [1.54, 1.807) is 6.08 Å². The van der Waals surface area contributed by atoms with Crippen molar-refractivity contribution in [2.45, 2.75) is 25.0 Å². The molecule has 132 valence electrons. The van der Waals surface area contributed by atoms with Gasteiger partial charge in [0, 0.05) is 13.0 Å². The van der Waals surface area contributed by atoms with Crippen molar-refractivity contribution in [3.05, 3.63) is 71.8 Å². The Hall–Kier alpha value is -2.30. The van der Waals surface area contributed by atoms with Gasteiger partial charge in [0.15, 0.2) is 6.10 Å². The quantitative estimate of drug-likeness (QED) is 0.761. The molecule has 3 rings (SSSR count). The lowest BCUT2D eigenvalue weighted by Gasteiger charge is -2.31. The first-order valence-corrected chi connectivity index (χ1v) is 8.53. The van der Waals surface area contributed by atoms with E-state index in [1.807, 2.05) is 50.4 Å². The Morgan fingerprint density at radius 1 is 1.32 bits per heavy atom. The van der Waals surface area contributed by atoms with Gasteiger partial charge in [0.05, 0.1) is 0 Å². The fourth-order valence-electron chi connectivity index (χ4n) is 3.42. The molecule has 0 heterocycles. The molecule has 0 fully saturated rings. The van der Waals surface area contributed by atoms with Crippen molar-refractivity contribution in [3.63, 3.8) is 0 Å². The summed E-state index contributed by atoms with van der Waals surface area (Å²) in [6.45, 7) is 6.57. The van der Waals surface area contributed by atoms with Gasteiger partial charge in [-0.1, -0.05) is 36.9 Å². The van der Waals surface area contributed by atoms with Crippen LogP contribution >= 0.6 is 0 Å². The van der Waals surface area contributed by atoms with Crippen LogP contribution in [0.25, 0.3) is 0 Å². The molecule has 0 saturated heterocycles. The summed E-state index contributed by atoms with van der Waals surface area (Å²) in [6, 6.07) is 13.8. The molecule has 0 amide bonds. The summed E-state index contributed by atoms with van der Waals surface area (Å²) < 4.78 is 11.9. The van der Waals surface area contributed by atoms with Crippen molar-refractivity contribution in [2.75, 3.05) is 20.2 Å². The smallest absolute Gasteiger partial charge is 0.154 e. The highest BCUT2D eigenvalue weighted by atomic mass is 16.5. The molecule has 0 bridgehead atoms. The standard InChI is InChI=1S/C21H25NO3/c1-4-11-24-17-9-10-19(15(2)12-17)25-20-18-8-6-5-7-16(18)13-21(20,23)14-22-3/h4-10,12,20,22-23H,1,11,13-14H2,2-3H3/t20-,21+/m0/s1. The molecule has 4 nitrogen and oxygen atoms in total. The summed E-state index contributed by atoms with van der Waals surface area (Å²) in [7, 11) is 1.84. The molecule has 25 heavy (non-hydrogen) atoms. The topological polar surface area (TPSA) is 50.7 Å². The zero-order valence-electron chi connectivity index (χ0n) is 14.8. The number of aryl methyl sites for hydroxylation is 1. The molecule has 2 aromatic carbocycles. The van der Waals surface area contributed by atoms with Crippen molar-refractivity contribution in [1.29, 1.82) is 0 Å². The van der Waals surface area contributed by atoms with Crippen molar-refractivity contribution >= 4 is 0 Å². The zero-order valence-corrected chi connectivity index (χ0v) is 14.8. The number of hydrogen-bond donors (Lipinski definition) is 2. The van der Waals surface area contributed by atoms with E-state index in [0.717, 1.165) is 28.2 Å². The number of ether oxygens (including phenoxy) is 2. The maximum atomic E-state index is 11.2. The highest BCUT2D eigenvalue weighted by Crippen LogP contribution is 2.42. The second-order valence-electron chi connectivity index (χ2n) is 6.53. The molecule has 2 atom stereocenters. The summed E-state index contributed by atoms with van der Waals surface area (Å²) in [5, 5.41) is 14.3. The molecule has 0 unspecified atom stereocenters. The number of aliphatic hydroxyl groups is 1. The number of rotatable bonds is 7. The summed E-state index contributed by atoms with van der Waals surface area (Å²) in [4.78, 5) is 0. The average Bonchev–Trinajstić information content (AvgIpc) is 2.87. The molecule has 0 aromatic heterocycles. The first-order chi connectivity index (χ1) is 12.1. The first kappa shape index (κ1) is 17.5. The summed E-state index contributed by atoms with van der Waals surface area (Å²) in [6.07, 6.45) is 1.89. The van der Waals surface area contributed by atoms with E-state index in [0.29, 0.717) is 19.6 Å².